The molecule has 0 fully saturated rings. The molecule has 7 N–H and O–H groups in total. The normalized spacial score (nSPS) is 12.5. The van der Waals surface area contributed by atoms with Gasteiger partial charge in [0.25, 0.3) is 0 Å². The number of hydrazone groups is 1. The monoisotopic (exact) mass is 516 g/mol. The SMILES string of the molecule is CC(=NNC(=S)Nc1ccc(S(N)(O)O)cc1)c1csc(-c2ccc(Cl)c(Cl)c2)c1O. The first-order valence-corrected chi connectivity index (χ1v) is 12.2. The molecule has 0 aliphatic rings. The molecular weight excluding hydrogens is 499 g/mol. The molecular formula is C19H18Cl2N4O3S3. The van der Waals surface area contributed by atoms with E-state index in [4.69, 9.17) is 40.6 Å². The molecule has 0 saturated heterocycles. The van der Waals surface area contributed by atoms with Gasteiger partial charge in [0.2, 0.25) is 0 Å². The smallest absolute Gasteiger partial charge is 0.191 e. The largest absolute Gasteiger partial charge is 0.506 e. The molecule has 0 saturated carbocycles. The Kier molecular flexibility index (Phi) is 7.45. The number of anilines is 1. The minimum Gasteiger partial charge on any atom is -0.506 e. The quantitative estimate of drug-likeness (QED) is 0.137. The van der Waals surface area contributed by atoms with E-state index in [-0.39, 0.29) is 15.8 Å². The second-order valence-corrected chi connectivity index (χ2v) is 10.1. The highest BCUT2D eigenvalue weighted by Gasteiger charge is 2.16. The molecule has 3 rings (SSSR count). The summed E-state index contributed by atoms with van der Waals surface area (Å²) in [6.45, 7) is 1.73. The average Bonchev–Trinajstić information content (AvgIpc) is 3.09. The van der Waals surface area contributed by atoms with E-state index in [1.54, 1.807) is 42.6 Å². The number of nitrogens with zero attached hydrogens (tertiary/aromatic N) is 1. The standard InChI is InChI=1S/C19H18Cl2N4O3S3/c1-10(14-9-30-18(17(14)26)11-2-7-15(20)16(21)8-11)24-25-19(29)23-12-3-5-13(6-4-12)31(22,27)28/h2-9,26-28H,22H2,1H3,(H2,23,25,29). The number of hydrogen-bond donors (Lipinski definition) is 6. The van der Waals surface area contributed by atoms with Crippen LogP contribution >= 0.6 is 57.5 Å². The summed E-state index contributed by atoms with van der Waals surface area (Å²) >= 11 is 18.6. The molecule has 0 radical (unpaired) electrons. The number of thiophene rings is 1. The van der Waals surface area contributed by atoms with Crippen LogP contribution in [0, 0.1) is 0 Å². The van der Waals surface area contributed by atoms with Gasteiger partial charge in [0, 0.05) is 11.1 Å². The Morgan fingerprint density at radius 2 is 1.81 bits per heavy atom. The number of halogens is 2. The molecule has 1 heterocycles. The van der Waals surface area contributed by atoms with Gasteiger partial charge in [-0.15, -0.1) is 22.1 Å². The van der Waals surface area contributed by atoms with Crippen molar-refractivity contribution in [1.29, 1.82) is 0 Å². The van der Waals surface area contributed by atoms with Crippen molar-refractivity contribution in [2.24, 2.45) is 10.2 Å². The molecule has 1 aromatic heterocycles. The molecule has 7 nitrogen and oxygen atoms in total. The molecule has 2 aromatic carbocycles. The minimum absolute atomic E-state index is 0.0849. The van der Waals surface area contributed by atoms with Crippen molar-refractivity contribution in [1.82, 2.24) is 5.43 Å². The lowest BCUT2D eigenvalue weighted by Gasteiger charge is -2.26. The van der Waals surface area contributed by atoms with Crippen molar-refractivity contribution in [3.8, 4) is 16.2 Å². The number of thiocarbonyl (C=S) groups is 1. The van der Waals surface area contributed by atoms with Crippen LogP contribution in [0.2, 0.25) is 10.0 Å². The van der Waals surface area contributed by atoms with Crippen LogP contribution in [0.5, 0.6) is 5.75 Å². The summed E-state index contributed by atoms with van der Waals surface area (Å²) in [7, 11) is -3.26. The Labute approximate surface area is 200 Å². The zero-order valence-electron chi connectivity index (χ0n) is 16.0. The summed E-state index contributed by atoms with van der Waals surface area (Å²) in [6.07, 6.45) is 0. The summed E-state index contributed by atoms with van der Waals surface area (Å²) in [5.41, 5.74) is 5.15. The van der Waals surface area contributed by atoms with Crippen LogP contribution in [-0.4, -0.2) is 25.0 Å². The van der Waals surface area contributed by atoms with Crippen LogP contribution in [0.4, 0.5) is 5.69 Å². The fraction of sp³-hybridized carbons (Fsp3) is 0.0526. The third kappa shape index (κ3) is 5.88. The lowest BCUT2D eigenvalue weighted by molar-refractivity contribution is 0.478. The highest BCUT2D eigenvalue weighted by Crippen LogP contribution is 2.41. The fourth-order valence-corrected chi connectivity index (χ4v) is 4.54. The highest BCUT2D eigenvalue weighted by molar-refractivity contribution is 8.22. The zero-order valence-corrected chi connectivity index (χ0v) is 19.9. The van der Waals surface area contributed by atoms with Gasteiger partial charge in [-0.2, -0.15) is 5.10 Å². The Hall–Kier alpha value is -1.89. The van der Waals surface area contributed by atoms with Gasteiger partial charge < -0.3 is 10.4 Å². The van der Waals surface area contributed by atoms with Crippen LogP contribution < -0.4 is 15.9 Å². The minimum atomic E-state index is -3.26. The van der Waals surface area contributed by atoms with Gasteiger partial charge in [-0.1, -0.05) is 29.3 Å². The molecule has 0 aliphatic heterocycles. The maximum absolute atomic E-state index is 10.6. The number of nitrogens with two attached hydrogens (primary N) is 1. The van der Waals surface area contributed by atoms with E-state index in [9.17, 15) is 14.2 Å². The van der Waals surface area contributed by atoms with Crippen molar-refractivity contribution in [3.05, 3.63) is 63.5 Å². The van der Waals surface area contributed by atoms with Gasteiger partial charge in [0.1, 0.15) is 5.75 Å². The lowest BCUT2D eigenvalue weighted by Crippen LogP contribution is -2.24. The maximum Gasteiger partial charge on any atom is 0.191 e. The first kappa shape index (κ1) is 23.8. The van der Waals surface area contributed by atoms with E-state index < -0.39 is 10.8 Å². The maximum atomic E-state index is 10.6. The van der Waals surface area contributed by atoms with Crippen LogP contribution in [-0.2, 0) is 0 Å². The fourth-order valence-electron chi connectivity index (χ4n) is 2.54. The molecule has 0 atom stereocenters. The Balaban J connectivity index is 1.68. The second-order valence-electron chi connectivity index (χ2n) is 6.34. The van der Waals surface area contributed by atoms with Crippen molar-refractivity contribution in [3.63, 3.8) is 0 Å². The highest BCUT2D eigenvalue weighted by atomic mass is 35.5. The van der Waals surface area contributed by atoms with Crippen LogP contribution in [0.3, 0.4) is 0 Å². The first-order chi connectivity index (χ1) is 14.6. The van der Waals surface area contributed by atoms with Gasteiger partial charge >= 0.3 is 0 Å². The number of benzene rings is 2. The van der Waals surface area contributed by atoms with E-state index >= 15 is 0 Å². The molecule has 0 bridgehead atoms. The average molecular weight is 517 g/mol. The van der Waals surface area contributed by atoms with Crippen LogP contribution in [0.15, 0.2) is 57.8 Å². The topological polar surface area (TPSA) is 123 Å². The van der Waals surface area contributed by atoms with Crippen molar-refractivity contribution < 1.29 is 14.2 Å². The molecule has 0 spiro atoms. The Bertz CT molecular complexity index is 1150. The third-order valence-corrected chi connectivity index (χ3v) is 7.04. The molecule has 0 unspecified atom stereocenters. The van der Waals surface area contributed by atoms with Gasteiger partial charge in [-0.3, -0.25) is 14.5 Å². The summed E-state index contributed by atoms with van der Waals surface area (Å²) in [5.74, 6) is 0.0849. The van der Waals surface area contributed by atoms with Crippen LogP contribution in [0.1, 0.15) is 12.5 Å². The molecule has 12 heteroatoms. The Morgan fingerprint density at radius 1 is 1.13 bits per heavy atom. The van der Waals surface area contributed by atoms with Crippen molar-refractivity contribution in [2.75, 3.05) is 5.32 Å². The number of rotatable bonds is 5. The van der Waals surface area contributed by atoms with E-state index in [0.717, 1.165) is 5.56 Å². The number of aromatic hydroxyl groups is 1. The Morgan fingerprint density at radius 3 is 2.42 bits per heavy atom. The zero-order chi connectivity index (χ0) is 22.8. The molecule has 0 aliphatic carbocycles. The van der Waals surface area contributed by atoms with E-state index in [1.165, 1.54) is 23.5 Å². The predicted octanol–water partition coefficient (Wildman–Crippen LogP) is 6.12. The van der Waals surface area contributed by atoms with Crippen molar-refractivity contribution >= 4 is 74.0 Å². The lowest BCUT2D eigenvalue weighted by atomic mass is 10.1. The molecule has 3 aromatic rings. The summed E-state index contributed by atoms with van der Waals surface area (Å²) < 4.78 is 18.9. The van der Waals surface area contributed by atoms with E-state index in [1.807, 2.05) is 0 Å². The van der Waals surface area contributed by atoms with Gasteiger partial charge in [0.15, 0.2) is 5.11 Å². The summed E-state index contributed by atoms with van der Waals surface area (Å²) in [5, 5.41) is 25.9. The van der Waals surface area contributed by atoms with Gasteiger partial charge in [-0.25, -0.2) is 5.14 Å². The third-order valence-electron chi connectivity index (χ3n) is 4.12. The van der Waals surface area contributed by atoms with E-state index in [2.05, 4.69) is 15.8 Å². The number of hydrogen-bond acceptors (Lipinski definition) is 7. The van der Waals surface area contributed by atoms with E-state index in [0.29, 0.717) is 31.9 Å². The molecule has 0 amide bonds. The first-order valence-electron chi connectivity index (χ1n) is 8.60. The summed E-state index contributed by atoms with van der Waals surface area (Å²) in [4.78, 5) is 0.867. The number of nitrogens with one attached hydrogen (secondary N) is 2. The van der Waals surface area contributed by atoms with Crippen LogP contribution in [0.25, 0.3) is 10.4 Å². The predicted molar refractivity (Wildman–Crippen MR) is 135 cm³/mol. The molecule has 31 heavy (non-hydrogen) atoms. The van der Waals surface area contributed by atoms with Crippen molar-refractivity contribution in [2.45, 2.75) is 11.8 Å². The molecule has 164 valence electrons. The van der Waals surface area contributed by atoms with Gasteiger partial charge in [0.05, 0.1) is 31.1 Å². The second kappa shape index (κ2) is 9.72. The summed E-state index contributed by atoms with van der Waals surface area (Å²) in [6, 6.07) is 11.3. The van der Waals surface area contributed by atoms with Gasteiger partial charge in [-0.05, 0) is 61.1 Å².